The average molecular weight is 667 g/mol. The monoisotopic (exact) mass is 666 g/mol. The number of phenolic OH excluding ortho intramolecular Hbond substituents is 6. The van der Waals surface area contributed by atoms with Gasteiger partial charge in [-0.3, -0.25) is 0 Å². The van der Waals surface area contributed by atoms with Crippen LogP contribution in [0, 0.1) is 0 Å². The summed E-state index contributed by atoms with van der Waals surface area (Å²) in [6.07, 6.45) is 7.06. The van der Waals surface area contributed by atoms with Crippen LogP contribution < -0.4 is 0 Å². The lowest BCUT2D eigenvalue weighted by molar-refractivity contribution is 0.0552. The van der Waals surface area contributed by atoms with Crippen molar-refractivity contribution in [2.24, 2.45) is 30.9 Å². The van der Waals surface area contributed by atoms with Gasteiger partial charge in [-0.2, -0.15) is 0 Å². The van der Waals surface area contributed by atoms with Crippen LogP contribution in [-0.2, 0) is 29.0 Å². The number of fused-ring (bicyclic) bond motifs is 2. The van der Waals surface area contributed by atoms with Gasteiger partial charge in [-0.15, -0.1) is 0 Å². The molecule has 252 valence electrons. The van der Waals surface area contributed by atoms with Gasteiger partial charge in [0.2, 0.25) is 0 Å². The van der Waals surface area contributed by atoms with Crippen molar-refractivity contribution in [3.05, 3.63) is 69.8 Å². The van der Waals surface area contributed by atoms with Crippen LogP contribution in [0.4, 0.5) is 0 Å². The van der Waals surface area contributed by atoms with Crippen molar-refractivity contribution in [2.75, 3.05) is 39.6 Å². The molecule has 0 radical (unpaired) electrons. The molecule has 0 saturated carbocycles. The molecule has 6 bridgehead atoms. The third kappa shape index (κ3) is 9.64. The van der Waals surface area contributed by atoms with Crippen molar-refractivity contribution in [1.29, 1.82) is 0 Å². The SMILES string of the molecule is Oc1c2ccc(c1O)/C=N/OCCO/N=C/c1ccc(c(O)c1O)/C=N/OCCO/N=C/c1ccc(c(O)c1O)/C=N/OCCO/N=C/2. The van der Waals surface area contributed by atoms with E-state index in [0.29, 0.717) is 0 Å². The lowest BCUT2D eigenvalue weighted by Crippen LogP contribution is -1.99. The molecule has 4 heterocycles. The molecule has 0 spiro atoms. The summed E-state index contributed by atoms with van der Waals surface area (Å²) in [5.74, 6) is -2.81. The standard InChI is InChI=1S/C30H30N6O12/c37-25-19-1-2-20(26(25)38)14-32-44-9-10-46-34-16-22-5-6-24(30(42)28(22)40)18-36-48-12-11-47-35-17-23-4-3-21(27(39)29(23)41)15-33-45-8-7-43-31-13-19/h1-6,13-18,37-42H,7-12H2/b31-13+,32-14+,33-15+,34-16+,35-17+,36-18+. The van der Waals surface area contributed by atoms with E-state index in [9.17, 15) is 30.6 Å². The molecule has 0 aliphatic carbocycles. The van der Waals surface area contributed by atoms with Crippen LogP contribution in [-0.4, -0.2) is 108 Å². The van der Waals surface area contributed by atoms with E-state index in [4.69, 9.17) is 29.0 Å². The Kier molecular flexibility index (Phi) is 12.6. The van der Waals surface area contributed by atoms with Crippen molar-refractivity contribution in [3.63, 3.8) is 0 Å². The van der Waals surface area contributed by atoms with Crippen molar-refractivity contribution in [3.8, 4) is 34.5 Å². The van der Waals surface area contributed by atoms with Gasteiger partial charge in [-0.1, -0.05) is 30.9 Å². The molecule has 18 nitrogen and oxygen atoms in total. The molecule has 6 N–H and O–H groups in total. The van der Waals surface area contributed by atoms with Crippen molar-refractivity contribution >= 4 is 37.3 Å². The Bertz CT molecular complexity index is 1400. The second-order valence-corrected chi connectivity index (χ2v) is 9.23. The molecule has 48 heavy (non-hydrogen) atoms. The topological polar surface area (TPSA) is 251 Å². The molecular weight excluding hydrogens is 636 g/mol. The van der Waals surface area contributed by atoms with Crippen LogP contribution in [0.3, 0.4) is 0 Å². The lowest BCUT2D eigenvalue weighted by atomic mass is 10.1. The predicted octanol–water partition coefficient (Wildman–Crippen LogP) is 2.44. The number of hydrogen-bond acceptors (Lipinski definition) is 18. The third-order valence-electron chi connectivity index (χ3n) is 6.04. The molecule has 4 aliphatic rings. The summed E-state index contributed by atoms with van der Waals surface area (Å²) in [6.45, 7) is -0.162. The Hall–Kier alpha value is -6.72. The van der Waals surface area contributed by atoms with E-state index in [1.165, 1.54) is 73.7 Å². The van der Waals surface area contributed by atoms with E-state index >= 15 is 0 Å². The fraction of sp³-hybridized carbons (Fsp3) is 0.200. The molecule has 3 aromatic rings. The minimum atomic E-state index is -0.469. The van der Waals surface area contributed by atoms with Gasteiger partial charge in [0.1, 0.15) is 0 Å². The number of aromatic hydroxyl groups is 6. The quantitative estimate of drug-likeness (QED) is 0.189. The van der Waals surface area contributed by atoms with Crippen LogP contribution in [0.2, 0.25) is 0 Å². The second kappa shape index (κ2) is 17.7. The Morgan fingerprint density at radius 3 is 0.583 bits per heavy atom. The van der Waals surface area contributed by atoms with Gasteiger partial charge in [-0.25, -0.2) is 0 Å². The minimum absolute atomic E-state index is 0.0270. The van der Waals surface area contributed by atoms with Crippen LogP contribution in [0.25, 0.3) is 0 Å². The van der Waals surface area contributed by atoms with Gasteiger partial charge >= 0.3 is 0 Å². The Morgan fingerprint density at radius 2 is 0.438 bits per heavy atom. The second-order valence-electron chi connectivity index (χ2n) is 9.23. The first-order valence-electron chi connectivity index (χ1n) is 13.9. The van der Waals surface area contributed by atoms with Crippen molar-refractivity contribution in [1.82, 2.24) is 0 Å². The highest BCUT2D eigenvalue weighted by Gasteiger charge is 2.12. The summed E-state index contributed by atoms with van der Waals surface area (Å²) in [4.78, 5) is 30.3. The first-order valence-corrected chi connectivity index (χ1v) is 13.9. The Balaban J connectivity index is 1.42. The van der Waals surface area contributed by atoms with Gasteiger partial charge in [0.25, 0.3) is 0 Å². The van der Waals surface area contributed by atoms with Crippen molar-refractivity contribution in [2.45, 2.75) is 0 Å². The summed E-state index contributed by atoms with van der Waals surface area (Å²) >= 11 is 0. The summed E-state index contributed by atoms with van der Waals surface area (Å²) in [7, 11) is 0. The smallest absolute Gasteiger partial charge is 0.167 e. The summed E-state index contributed by atoms with van der Waals surface area (Å²) < 4.78 is 0. The van der Waals surface area contributed by atoms with Gasteiger partial charge in [-0.05, 0) is 36.4 Å². The molecule has 18 heteroatoms. The lowest BCUT2D eigenvalue weighted by Gasteiger charge is -2.06. The van der Waals surface area contributed by atoms with Crippen LogP contribution in [0.5, 0.6) is 34.5 Å². The molecule has 3 aromatic carbocycles. The van der Waals surface area contributed by atoms with E-state index in [1.807, 2.05) is 0 Å². The highest BCUT2D eigenvalue weighted by molar-refractivity contribution is 5.92. The average Bonchev–Trinajstić information content (AvgIpc) is 3.08. The summed E-state index contributed by atoms with van der Waals surface area (Å²) in [5.41, 5.74) is 0.947. The van der Waals surface area contributed by atoms with Gasteiger partial charge in [0.05, 0.1) is 37.3 Å². The van der Waals surface area contributed by atoms with Gasteiger partial charge < -0.3 is 59.7 Å². The predicted molar refractivity (Wildman–Crippen MR) is 171 cm³/mol. The maximum absolute atomic E-state index is 10.3. The summed E-state index contributed by atoms with van der Waals surface area (Å²) in [5, 5.41) is 83.9. The van der Waals surface area contributed by atoms with E-state index < -0.39 is 34.5 Å². The highest BCUT2D eigenvalue weighted by Crippen LogP contribution is 2.32. The summed E-state index contributed by atoms with van der Waals surface area (Å²) in [6, 6.07) is 8.77. The number of phenols is 6. The Morgan fingerprint density at radius 1 is 0.292 bits per heavy atom. The minimum Gasteiger partial charge on any atom is -0.504 e. The fourth-order valence-corrected chi connectivity index (χ4v) is 3.56. The highest BCUT2D eigenvalue weighted by atomic mass is 16.7. The maximum atomic E-state index is 10.3. The van der Waals surface area contributed by atoms with Crippen LogP contribution in [0.15, 0.2) is 67.3 Å². The normalized spacial score (nSPS) is 18.8. The van der Waals surface area contributed by atoms with E-state index in [0.717, 1.165) is 0 Å². The van der Waals surface area contributed by atoms with Crippen LogP contribution >= 0.6 is 0 Å². The van der Waals surface area contributed by atoms with E-state index in [1.54, 1.807) is 0 Å². The Labute approximate surface area is 271 Å². The zero-order valence-electron chi connectivity index (χ0n) is 25.0. The molecule has 0 amide bonds. The zero-order chi connectivity index (χ0) is 34.1. The molecule has 4 aliphatic heterocycles. The van der Waals surface area contributed by atoms with E-state index in [2.05, 4.69) is 30.9 Å². The molecule has 7 rings (SSSR count). The molecule has 0 atom stereocenters. The van der Waals surface area contributed by atoms with Crippen LogP contribution in [0.1, 0.15) is 33.4 Å². The number of nitrogens with zero attached hydrogens (tertiary/aromatic N) is 6. The van der Waals surface area contributed by atoms with Crippen molar-refractivity contribution < 1.29 is 59.7 Å². The van der Waals surface area contributed by atoms with Gasteiger partial charge in [0.15, 0.2) is 74.1 Å². The zero-order valence-corrected chi connectivity index (χ0v) is 25.0. The molecule has 0 saturated heterocycles. The van der Waals surface area contributed by atoms with E-state index in [-0.39, 0.29) is 73.0 Å². The first-order chi connectivity index (χ1) is 23.4. The molecular formula is C30H30N6O12. The first kappa shape index (κ1) is 34.2. The number of hydrogen-bond donors (Lipinski definition) is 6. The third-order valence-corrected chi connectivity index (χ3v) is 6.04. The largest absolute Gasteiger partial charge is 0.504 e. The number of oxime groups is 6. The number of rotatable bonds is 0. The molecule has 0 fully saturated rings. The number of benzene rings is 3. The maximum Gasteiger partial charge on any atom is 0.167 e. The molecule has 0 aromatic heterocycles. The fourth-order valence-electron chi connectivity index (χ4n) is 3.56. The molecule has 0 unspecified atom stereocenters. The van der Waals surface area contributed by atoms with Gasteiger partial charge in [0, 0.05) is 33.4 Å².